The molecule has 2 aromatic carbocycles. The molecule has 7 heteroatoms. The highest BCUT2D eigenvalue weighted by molar-refractivity contribution is 7.14. The van der Waals surface area contributed by atoms with Crippen molar-refractivity contribution in [3.8, 4) is 23.1 Å². The summed E-state index contributed by atoms with van der Waals surface area (Å²) >= 11 is 1.26. The molecule has 3 rings (SSSR count). The zero-order valence-corrected chi connectivity index (χ0v) is 13.7. The van der Waals surface area contributed by atoms with Crippen molar-refractivity contribution in [2.75, 3.05) is 11.9 Å². The van der Waals surface area contributed by atoms with Crippen LogP contribution in [-0.4, -0.2) is 17.5 Å². The third-order valence-electron chi connectivity index (χ3n) is 3.26. The minimum atomic E-state index is -0.382. The number of para-hydroxylation sites is 1. The Morgan fingerprint density at radius 3 is 2.76 bits per heavy atom. The molecule has 0 saturated heterocycles. The molecule has 0 aliphatic rings. The molecule has 0 spiro atoms. The number of hydrogen-bond acceptors (Lipinski definition) is 5. The summed E-state index contributed by atoms with van der Waals surface area (Å²) in [7, 11) is 0. The van der Waals surface area contributed by atoms with Gasteiger partial charge in [0.15, 0.2) is 11.7 Å². The Kier molecular flexibility index (Phi) is 5.02. The van der Waals surface area contributed by atoms with Crippen molar-refractivity contribution in [3.63, 3.8) is 0 Å². The van der Waals surface area contributed by atoms with Crippen molar-refractivity contribution in [3.05, 3.63) is 65.3 Å². The van der Waals surface area contributed by atoms with Gasteiger partial charge in [0.2, 0.25) is 0 Å². The van der Waals surface area contributed by atoms with Crippen LogP contribution in [0.5, 0.6) is 5.75 Å². The lowest BCUT2D eigenvalue weighted by molar-refractivity contribution is -0.118. The van der Waals surface area contributed by atoms with Gasteiger partial charge in [-0.25, -0.2) is 9.37 Å². The highest BCUT2D eigenvalue weighted by atomic mass is 32.1. The van der Waals surface area contributed by atoms with Crippen LogP contribution in [-0.2, 0) is 4.79 Å². The van der Waals surface area contributed by atoms with Gasteiger partial charge in [-0.2, -0.15) is 5.26 Å². The molecule has 0 fully saturated rings. The summed E-state index contributed by atoms with van der Waals surface area (Å²) in [6, 6.07) is 14.6. The van der Waals surface area contributed by atoms with Crippen LogP contribution in [0.25, 0.3) is 11.3 Å². The number of benzene rings is 2. The van der Waals surface area contributed by atoms with Crippen molar-refractivity contribution in [1.29, 1.82) is 5.26 Å². The number of rotatable bonds is 5. The van der Waals surface area contributed by atoms with E-state index in [2.05, 4.69) is 10.3 Å². The fourth-order valence-corrected chi connectivity index (χ4v) is 2.80. The number of carbonyl (C=O) groups excluding carboxylic acids is 1. The fraction of sp³-hybridized carbons (Fsp3) is 0.0556. The molecular weight excluding hydrogens is 341 g/mol. The minimum absolute atomic E-state index is 0.232. The van der Waals surface area contributed by atoms with Gasteiger partial charge in [0.1, 0.15) is 17.6 Å². The first-order valence-electron chi connectivity index (χ1n) is 7.29. The van der Waals surface area contributed by atoms with Gasteiger partial charge in [-0.3, -0.25) is 10.1 Å². The predicted molar refractivity (Wildman–Crippen MR) is 92.8 cm³/mol. The van der Waals surface area contributed by atoms with Gasteiger partial charge < -0.3 is 4.74 Å². The van der Waals surface area contributed by atoms with Crippen LogP contribution < -0.4 is 10.1 Å². The summed E-state index contributed by atoms with van der Waals surface area (Å²) in [6.45, 7) is -0.232. The number of ether oxygens (including phenoxy) is 1. The van der Waals surface area contributed by atoms with Crippen LogP contribution in [0.3, 0.4) is 0 Å². The smallest absolute Gasteiger partial charge is 0.264 e. The Morgan fingerprint density at radius 2 is 2.00 bits per heavy atom. The molecule has 1 amide bonds. The van der Waals surface area contributed by atoms with Crippen LogP contribution in [0, 0.1) is 17.1 Å². The quantitative estimate of drug-likeness (QED) is 0.756. The van der Waals surface area contributed by atoms with Crippen LogP contribution in [0.15, 0.2) is 53.9 Å². The maximum atomic E-state index is 12.9. The molecule has 1 heterocycles. The Bertz CT molecular complexity index is 932. The first kappa shape index (κ1) is 16.6. The monoisotopic (exact) mass is 353 g/mol. The predicted octanol–water partition coefficient (Wildman–Crippen LogP) is 3.84. The fourth-order valence-electron chi connectivity index (χ4n) is 2.07. The number of carbonyl (C=O) groups is 1. The maximum Gasteiger partial charge on any atom is 0.264 e. The van der Waals surface area contributed by atoms with E-state index in [1.54, 1.807) is 41.8 Å². The van der Waals surface area contributed by atoms with E-state index in [1.165, 1.54) is 23.5 Å². The lowest BCUT2D eigenvalue weighted by Crippen LogP contribution is -2.20. The molecule has 0 bridgehead atoms. The third kappa shape index (κ3) is 4.19. The Labute approximate surface area is 147 Å². The van der Waals surface area contributed by atoms with E-state index in [0.717, 1.165) is 5.56 Å². The van der Waals surface area contributed by atoms with Crippen LogP contribution in [0.2, 0.25) is 0 Å². The van der Waals surface area contributed by atoms with Gasteiger partial charge in [-0.15, -0.1) is 11.3 Å². The maximum absolute atomic E-state index is 12.9. The van der Waals surface area contributed by atoms with Gasteiger partial charge >= 0.3 is 0 Å². The van der Waals surface area contributed by atoms with E-state index < -0.39 is 0 Å². The summed E-state index contributed by atoms with van der Waals surface area (Å²) in [4.78, 5) is 16.3. The molecule has 0 aliphatic carbocycles. The van der Waals surface area contributed by atoms with E-state index in [4.69, 9.17) is 10.00 Å². The first-order chi connectivity index (χ1) is 12.2. The number of anilines is 1. The molecule has 0 aliphatic heterocycles. The second-order valence-electron chi connectivity index (χ2n) is 4.99. The molecule has 0 saturated carbocycles. The van der Waals surface area contributed by atoms with Gasteiger partial charge in [-0.1, -0.05) is 12.1 Å². The minimum Gasteiger partial charge on any atom is -0.482 e. The highest BCUT2D eigenvalue weighted by Gasteiger charge is 2.10. The summed E-state index contributed by atoms with van der Waals surface area (Å²) in [5.74, 6) is -0.346. The SMILES string of the molecule is N#Cc1ccccc1OCC(=O)Nc1nc(-c2ccc(F)cc2)cs1. The molecule has 124 valence electrons. The van der Waals surface area contributed by atoms with Crippen LogP contribution in [0.1, 0.15) is 5.56 Å². The summed E-state index contributed by atoms with van der Waals surface area (Å²) in [5, 5.41) is 13.8. The lowest BCUT2D eigenvalue weighted by Gasteiger charge is -2.06. The van der Waals surface area contributed by atoms with E-state index in [9.17, 15) is 9.18 Å². The average molecular weight is 353 g/mol. The summed E-state index contributed by atoms with van der Waals surface area (Å²) < 4.78 is 18.3. The Morgan fingerprint density at radius 1 is 1.24 bits per heavy atom. The zero-order chi connectivity index (χ0) is 17.6. The second kappa shape index (κ2) is 7.55. The number of aromatic nitrogens is 1. The molecule has 25 heavy (non-hydrogen) atoms. The largest absolute Gasteiger partial charge is 0.482 e. The molecule has 0 unspecified atom stereocenters. The molecular formula is C18H12FN3O2S. The summed E-state index contributed by atoms with van der Waals surface area (Å²) in [5.41, 5.74) is 1.77. The number of nitrogens with zero attached hydrogens (tertiary/aromatic N) is 2. The average Bonchev–Trinajstić information content (AvgIpc) is 3.09. The van der Waals surface area contributed by atoms with Gasteiger partial charge in [-0.05, 0) is 36.4 Å². The lowest BCUT2D eigenvalue weighted by atomic mass is 10.2. The van der Waals surface area contributed by atoms with Crippen molar-refractivity contribution in [2.24, 2.45) is 0 Å². The number of nitriles is 1. The van der Waals surface area contributed by atoms with E-state index in [-0.39, 0.29) is 18.3 Å². The van der Waals surface area contributed by atoms with Crippen LogP contribution in [0.4, 0.5) is 9.52 Å². The summed E-state index contributed by atoms with van der Waals surface area (Å²) in [6.07, 6.45) is 0. The van der Waals surface area contributed by atoms with E-state index in [0.29, 0.717) is 22.1 Å². The van der Waals surface area contributed by atoms with Gasteiger partial charge in [0.05, 0.1) is 11.3 Å². The molecule has 0 atom stereocenters. The van der Waals surface area contributed by atoms with Gasteiger partial charge in [0.25, 0.3) is 5.91 Å². The highest BCUT2D eigenvalue weighted by Crippen LogP contribution is 2.25. The van der Waals surface area contributed by atoms with Crippen LogP contribution >= 0.6 is 11.3 Å². The van der Waals surface area contributed by atoms with Crippen molar-refractivity contribution < 1.29 is 13.9 Å². The Balaban J connectivity index is 1.60. The topological polar surface area (TPSA) is 75.0 Å². The van der Waals surface area contributed by atoms with E-state index in [1.807, 2.05) is 6.07 Å². The van der Waals surface area contributed by atoms with Crippen molar-refractivity contribution >= 4 is 22.4 Å². The molecule has 1 N–H and O–H groups in total. The standard InChI is InChI=1S/C18H12FN3O2S/c19-14-7-5-12(6-8-14)15-11-25-18(21-15)22-17(23)10-24-16-4-2-1-3-13(16)9-20/h1-8,11H,10H2,(H,21,22,23). The van der Waals surface area contributed by atoms with Crippen molar-refractivity contribution in [1.82, 2.24) is 4.98 Å². The van der Waals surface area contributed by atoms with Gasteiger partial charge in [0, 0.05) is 10.9 Å². The number of thiazole rings is 1. The molecule has 3 aromatic rings. The third-order valence-corrected chi connectivity index (χ3v) is 4.01. The normalized spacial score (nSPS) is 10.1. The van der Waals surface area contributed by atoms with Crippen molar-refractivity contribution in [2.45, 2.75) is 0 Å². The molecule has 1 aromatic heterocycles. The Hall–Kier alpha value is -3.24. The molecule has 0 radical (unpaired) electrons. The number of hydrogen-bond donors (Lipinski definition) is 1. The first-order valence-corrected chi connectivity index (χ1v) is 8.17. The zero-order valence-electron chi connectivity index (χ0n) is 12.9. The number of nitrogens with one attached hydrogen (secondary N) is 1. The second-order valence-corrected chi connectivity index (χ2v) is 5.85. The van der Waals surface area contributed by atoms with E-state index >= 15 is 0 Å². The molecule has 5 nitrogen and oxygen atoms in total. The number of amides is 1. The number of halogens is 1.